The molecule has 0 aromatic carbocycles. The van der Waals surface area contributed by atoms with Crippen molar-refractivity contribution in [3.63, 3.8) is 0 Å². The molecule has 3 unspecified atom stereocenters. The lowest BCUT2D eigenvalue weighted by Crippen LogP contribution is -2.71. The van der Waals surface area contributed by atoms with Gasteiger partial charge in [-0.2, -0.15) is 0 Å². The molecule has 2 rings (SSSR count). The van der Waals surface area contributed by atoms with Gasteiger partial charge in [0.15, 0.2) is 0 Å². The van der Waals surface area contributed by atoms with Crippen LogP contribution in [0.5, 0.6) is 0 Å². The maximum atomic E-state index is 12.7. The van der Waals surface area contributed by atoms with E-state index in [0.29, 0.717) is 19.1 Å². The lowest BCUT2D eigenvalue weighted by molar-refractivity contribution is -0.158. The zero-order valence-electron chi connectivity index (χ0n) is 12.2. The molecule has 1 aliphatic carbocycles. The van der Waals surface area contributed by atoms with Crippen LogP contribution in [0.3, 0.4) is 0 Å². The second kappa shape index (κ2) is 5.12. The summed E-state index contributed by atoms with van der Waals surface area (Å²) in [4.78, 5) is 26.6. The molecule has 3 atom stereocenters. The second-order valence-electron chi connectivity index (χ2n) is 5.86. The molecule has 2 amide bonds. The molecule has 0 spiro atoms. The van der Waals surface area contributed by atoms with E-state index in [1.807, 2.05) is 20.8 Å². The number of hydrogen-bond donors (Lipinski definition) is 1. The fourth-order valence-electron chi connectivity index (χ4n) is 2.87. The standard InChI is InChI=1S/C14H24N2O3/c1-5-19-8-9(2)16-10(3)12(17)15-14(4,13(16)18)11-6-7-11/h9-11H,5-8H2,1-4H3,(H,15,17). The fourth-order valence-corrected chi connectivity index (χ4v) is 2.87. The second-order valence-corrected chi connectivity index (χ2v) is 5.86. The number of rotatable bonds is 5. The molecule has 5 nitrogen and oxygen atoms in total. The van der Waals surface area contributed by atoms with Crippen molar-refractivity contribution in [3.8, 4) is 0 Å². The van der Waals surface area contributed by atoms with Gasteiger partial charge in [0.05, 0.1) is 12.6 Å². The zero-order valence-corrected chi connectivity index (χ0v) is 12.2. The van der Waals surface area contributed by atoms with Gasteiger partial charge in [-0.25, -0.2) is 0 Å². The monoisotopic (exact) mass is 268 g/mol. The van der Waals surface area contributed by atoms with Crippen molar-refractivity contribution in [2.75, 3.05) is 13.2 Å². The third-order valence-electron chi connectivity index (χ3n) is 4.29. The molecule has 0 aromatic rings. The van der Waals surface area contributed by atoms with Crippen molar-refractivity contribution < 1.29 is 14.3 Å². The number of nitrogens with zero attached hydrogens (tertiary/aromatic N) is 1. The minimum Gasteiger partial charge on any atom is -0.380 e. The number of carbonyl (C=O) groups is 2. The molecule has 1 heterocycles. The van der Waals surface area contributed by atoms with E-state index in [-0.39, 0.29) is 17.9 Å². The van der Waals surface area contributed by atoms with Crippen LogP contribution < -0.4 is 5.32 Å². The highest BCUT2D eigenvalue weighted by atomic mass is 16.5. The average molecular weight is 268 g/mol. The molecule has 108 valence electrons. The Balaban J connectivity index is 2.18. The minimum atomic E-state index is -0.718. The molecule has 1 aliphatic heterocycles. The van der Waals surface area contributed by atoms with E-state index >= 15 is 0 Å². The van der Waals surface area contributed by atoms with Crippen LogP contribution in [0.15, 0.2) is 0 Å². The summed E-state index contributed by atoms with van der Waals surface area (Å²) in [5.74, 6) is 0.268. The summed E-state index contributed by atoms with van der Waals surface area (Å²) in [6.45, 7) is 8.60. The number of amides is 2. The largest absolute Gasteiger partial charge is 0.380 e. The van der Waals surface area contributed by atoms with Gasteiger partial charge in [0.2, 0.25) is 11.8 Å². The van der Waals surface area contributed by atoms with Gasteiger partial charge in [-0.1, -0.05) is 0 Å². The lowest BCUT2D eigenvalue weighted by atomic mass is 9.89. The predicted molar refractivity (Wildman–Crippen MR) is 71.5 cm³/mol. The van der Waals surface area contributed by atoms with Gasteiger partial charge in [-0.05, 0) is 46.5 Å². The van der Waals surface area contributed by atoms with Crippen molar-refractivity contribution in [2.45, 2.75) is 58.2 Å². The highest BCUT2D eigenvalue weighted by Crippen LogP contribution is 2.42. The van der Waals surface area contributed by atoms with E-state index in [2.05, 4.69) is 5.32 Å². The summed E-state index contributed by atoms with van der Waals surface area (Å²) < 4.78 is 5.40. The van der Waals surface area contributed by atoms with Crippen LogP contribution in [0.2, 0.25) is 0 Å². The van der Waals surface area contributed by atoms with Crippen molar-refractivity contribution in [3.05, 3.63) is 0 Å². The number of nitrogens with one attached hydrogen (secondary N) is 1. The quantitative estimate of drug-likeness (QED) is 0.807. The summed E-state index contributed by atoms with van der Waals surface area (Å²) in [5, 5.41) is 2.92. The average Bonchev–Trinajstić information content (AvgIpc) is 3.18. The fraction of sp³-hybridized carbons (Fsp3) is 0.857. The first-order valence-corrected chi connectivity index (χ1v) is 7.14. The maximum absolute atomic E-state index is 12.7. The van der Waals surface area contributed by atoms with Crippen LogP contribution in [0.1, 0.15) is 40.5 Å². The molecule has 1 N–H and O–H groups in total. The first kappa shape index (κ1) is 14.3. The number of hydrogen-bond acceptors (Lipinski definition) is 3. The molecule has 0 bridgehead atoms. The Morgan fingerprint density at radius 2 is 2.11 bits per heavy atom. The van der Waals surface area contributed by atoms with Crippen LogP contribution >= 0.6 is 0 Å². The molecule has 2 aliphatic rings. The molecule has 0 radical (unpaired) electrons. The van der Waals surface area contributed by atoms with Crippen molar-refractivity contribution >= 4 is 11.8 Å². The summed E-state index contributed by atoms with van der Waals surface area (Å²) in [6, 6.07) is -0.499. The molecule has 19 heavy (non-hydrogen) atoms. The highest BCUT2D eigenvalue weighted by molar-refractivity contribution is 6.00. The smallest absolute Gasteiger partial charge is 0.249 e. The van der Waals surface area contributed by atoms with Crippen molar-refractivity contribution in [1.82, 2.24) is 10.2 Å². The highest BCUT2D eigenvalue weighted by Gasteiger charge is 2.55. The molecule has 1 saturated heterocycles. The van der Waals surface area contributed by atoms with Gasteiger partial charge in [0.1, 0.15) is 11.6 Å². The van der Waals surface area contributed by atoms with Crippen LogP contribution in [-0.2, 0) is 14.3 Å². The Bertz CT molecular complexity index is 381. The van der Waals surface area contributed by atoms with E-state index in [0.717, 1.165) is 12.8 Å². The van der Waals surface area contributed by atoms with E-state index < -0.39 is 11.6 Å². The lowest BCUT2D eigenvalue weighted by Gasteiger charge is -2.46. The van der Waals surface area contributed by atoms with E-state index in [9.17, 15) is 9.59 Å². The van der Waals surface area contributed by atoms with Gasteiger partial charge < -0.3 is 15.0 Å². The van der Waals surface area contributed by atoms with Crippen molar-refractivity contribution in [1.29, 1.82) is 0 Å². The van der Waals surface area contributed by atoms with E-state index in [4.69, 9.17) is 4.74 Å². The van der Waals surface area contributed by atoms with Gasteiger partial charge in [0.25, 0.3) is 0 Å². The number of piperazine rings is 1. The third-order valence-corrected chi connectivity index (χ3v) is 4.29. The van der Waals surface area contributed by atoms with Crippen LogP contribution in [0.25, 0.3) is 0 Å². The molecular weight excluding hydrogens is 244 g/mol. The number of ether oxygens (including phenoxy) is 1. The Labute approximate surface area is 114 Å². The molecule has 1 saturated carbocycles. The maximum Gasteiger partial charge on any atom is 0.249 e. The third kappa shape index (κ3) is 2.48. The molecule has 5 heteroatoms. The summed E-state index contributed by atoms with van der Waals surface area (Å²) in [6.07, 6.45) is 2.04. The SMILES string of the molecule is CCOCC(C)N1C(=O)C(C)(C2CC2)NC(=O)C1C. The minimum absolute atomic E-state index is 0.0364. The molecule has 2 fully saturated rings. The topological polar surface area (TPSA) is 58.6 Å². The van der Waals surface area contributed by atoms with E-state index in [1.54, 1.807) is 11.8 Å². The first-order chi connectivity index (χ1) is 8.91. The Morgan fingerprint density at radius 3 is 2.63 bits per heavy atom. The van der Waals surface area contributed by atoms with Gasteiger partial charge >= 0.3 is 0 Å². The summed E-state index contributed by atoms with van der Waals surface area (Å²) in [7, 11) is 0. The predicted octanol–water partition coefficient (Wildman–Crippen LogP) is 0.927. The zero-order chi connectivity index (χ0) is 14.2. The van der Waals surface area contributed by atoms with Gasteiger partial charge in [-0.15, -0.1) is 0 Å². The Morgan fingerprint density at radius 1 is 1.47 bits per heavy atom. The van der Waals surface area contributed by atoms with Crippen LogP contribution in [0, 0.1) is 5.92 Å². The normalized spacial score (nSPS) is 33.3. The molecular formula is C14H24N2O3. The number of carbonyl (C=O) groups excluding carboxylic acids is 2. The van der Waals surface area contributed by atoms with Gasteiger partial charge in [-0.3, -0.25) is 9.59 Å². The van der Waals surface area contributed by atoms with Crippen LogP contribution in [0.4, 0.5) is 0 Å². The van der Waals surface area contributed by atoms with E-state index in [1.165, 1.54) is 0 Å². The summed E-state index contributed by atoms with van der Waals surface area (Å²) in [5.41, 5.74) is -0.718. The Kier molecular flexibility index (Phi) is 3.85. The first-order valence-electron chi connectivity index (χ1n) is 7.14. The Hall–Kier alpha value is -1.10. The summed E-state index contributed by atoms with van der Waals surface area (Å²) >= 11 is 0. The van der Waals surface area contributed by atoms with Gasteiger partial charge in [0, 0.05) is 6.61 Å². The molecule has 0 aromatic heterocycles. The van der Waals surface area contributed by atoms with Crippen LogP contribution in [-0.4, -0.2) is 47.6 Å². The van der Waals surface area contributed by atoms with Crippen molar-refractivity contribution in [2.24, 2.45) is 5.92 Å².